The number of aromatic amines is 1. The lowest BCUT2D eigenvalue weighted by molar-refractivity contribution is 0.223. The van der Waals surface area contributed by atoms with Gasteiger partial charge in [-0.25, -0.2) is 0 Å². The van der Waals surface area contributed by atoms with Crippen LogP contribution in [0.15, 0.2) is 29.1 Å². The number of rotatable bonds is 3. The molecule has 1 saturated heterocycles. The maximum atomic E-state index is 11.9. The van der Waals surface area contributed by atoms with Crippen LogP contribution in [0.25, 0.3) is 11.3 Å². The smallest absolute Gasteiger partial charge is 0.305 e. The number of nitrogens with one attached hydrogen (secondary N) is 1. The van der Waals surface area contributed by atoms with Crippen LogP contribution >= 0.6 is 11.3 Å². The van der Waals surface area contributed by atoms with Crippen molar-refractivity contribution in [2.24, 2.45) is 0 Å². The second-order valence-electron chi connectivity index (χ2n) is 7.48. The molecule has 23 heavy (non-hydrogen) atoms. The van der Waals surface area contributed by atoms with Crippen molar-refractivity contribution in [2.75, 3.05) is 13.1 Å². The molecule has 0 spiro atoms. The summed E-state index contributed by atoms with van der Waals surface area (Å²) in [5.74, 6) is 0. The SMILES string of the molecule is CC(C)(C)c1ccc(-c2[nH]c(=O)sc2CN2CCCCC2)cc1. The first kappa shape index (κ1) is 16.5. The van der Waals surface area contributed by atoms with E-state index in [-0.39, 0.29) is 10.3 Å². The molecule has 1 aromatic heterocycles. The lowest BCUT2D eigenvalue weighted by Gasteiger charge is -2.26. The summed E-state index contributed by atoms with van der Waals surface area (Å²) in [4.78, 5) is 18.6. The summed E-state index contributed by atoms with van der Waals surface area (Å²) in [5.41, 5.74) is 3.59. The number of hydrogen-bond acceptors (Lipinski definition) is 3. The van der Waals surface area contributed by atoms with Gasteiger partial charge < -0.3 is 4.98 Å². The highest BCUT2D eigenvalue weighted by Gasteiger charge is 2.17. The van der Waals surface area contributed by atoms with E-state index in [4.69, 9.17) is 0 Å². The molecule has 124 valence electrons. The number of piperidine rings is 1. The van der Waals surface area contributed by atoms with Crippen molar-refractivity contribution in [3.8, 4) is 11.3 Å². The second-order valence-corrected chi connectivity index (χ2v) is 8.54. The molecule has 0 saturated carbocycles. The van der Waals surface area contributed by atoms with Crippen LogP contribution in [0, 0.1) is 0 Å². The fraction of sp³-hybridized carbons (Fsp3) is 0.526. The largest absolute Gasteiger partial charge is 0.312 e. The lowest BCUT2D eigenvalue weighted by atomic mass is 9.86. The van der Waals surface area contributed by atoms with Gasteiger partial charge in [0, 0.05) is 11.4 Å². The zero-order valence-corrected chi connectivity index (χ0v) is 15.1. The normalized spacial score (nSPS) is 16.7. The van der Waals surface area contributed by atoms with Gasteiger partial charge in [0.25, 0.3) is 0 Å². The minimum Gasteiger partial charge on any atom is -0.312 e. The molecule has 1 fully saturated rings. The van der Waals surface area contributed by atoms with Gasteiger partial charge in [-0.1, -0.05) is 62.8 Å². The van der Waals surface area contributed by atoms with Crippen molar-refractivity contribution in [1.82, 2.24) is 9.88 Å². The van der Waals surface area contributed by atoms with Gasteiger partial charge in [-0.15, -0.1) is 0 Å². The zero-order valence-electron chi connectivity index (χ0n) is 14.3. The van der Waals surface area contributed by atoms with E-state index >= 15 is 0 Å². The van der Waals surface area contributed by atoms with Crippen LogP contribution < -0.4 is 4.87 Å². The predicted octanol–water partition coefficient (Wildman–Crippen LogP) is 4.39. The van der Waals surface area contributed by atoms with Crippen LogP contribution in [-0.4, -0.2) is 23.0 Å². The molecular weight excluding hydrogens is 304 g/mol. The Morgan fingerprint density at radius 3 is 2.35 bits per heavy atom. The van der Waals surface area contributed by atoms with Crippen molar-refractivity contribution in [3.05, 3.63) is 44.4 Å². The van der Waals surface area contributed by atoms with Gasteiger partial charge in [-0.05, 0) is 42.5 Å². The third-order valence-corrected chi connectivity index (χ3v) is 5.44. The average molecular weight is 330 g/mol. The van der Waals surface area contributed by atoms with Crippen LogP contribution in [-0.2, 0) is 12.0 Å². The Labute approximate surface area is 142 Å². The second kappa shape index (κ2) is 6.62. The summed E-state index contributed by atoms with van der Waals surface area (Å²) < 4.78 is 0. The van der Waals surface area contributed by atoms with E-state index in [1.165, 1.54) is 41.0 Å². The molecule has 0 aliphatic carbocycles. The van der Waals surface area contributed by atoms with E-state index in [0.29, 0.717) is 0 Å². The highest BCUT2D eigenvalue weighted by molar-refractivity contribution is 7.09. The molecule has 0 atom stereocenters. The molecule has 3 nitrogen and oxygen atoms in total. The first-order valence-electron chi connectivity index (χ1n) is 8.49. The molecular formula is C19H26N2OS. The Kier molecular flexibility index (Phi) is 4.74. The molecule has 2 aromatic rings. The molecule has 0 unspecified atom stereocenters. The molecule has 3 rings (SSSR count). The van der Waals surface area contributed by atoms with E-state index in [1.807, 2.05) is 0 Å². The van der Waals surface area contributed by atoms with Crippen molar-refractivity contribution in [1.29, 1.82) is 0 Å². The minimum absolute atomic E-state index is 0.0481. The maximum absolute atomic E-state index is 11.9. The Balaban J connectivity index is 1.86. The van der Waals surface area contributed by atoms with Crippen LogP contribution in [0.5, 0.6) is 0 Å². The van der Waals surface area contributed by atoms with E-state index in [9.17, 15) is 4.79 Å². The van der Waals surface area contributed by atoms with Crippen LogP contribution in [0.3, 0.4) is 0 Å². The molecule has 2 heterocycles. The van der Waals surface area contributed by atoms with Crippen LogP contribution in [0.1, 0.15) is 50.5 Å². The van der Waals surface area contributed by atoms with E-state index < -0.39 is 0 Å². The molecule has 1 aliphatic heterocycles. The summed E-state index contributed by atoms with van der Waals surface area (Å²) in [6.07, 6.45) is 3.88. The zero-order chi connectivity index (χ0) is 16.4. The summed E-state index contributed by atoms with van der Waals surface area (Å²) in [6.45, 7) is 9.84. The Bertz CT molecular complexity index is 700. The summed E-state index contributed by atoms with van der Waals surface area (Å²) in [7, 11) is 0. The van der Waals surface area contributed by atoms with Gasteiger partial charge in [-0.3, -0.25) is 9.69 Å². The quantitative estimate of drug-likeness (QED) is 0.906. The summed E-state index contributed by atoms with van der Waals surface area (Å²) in [6, 6.07) is 8.63. The molecule has 0 bridgehead atoms. The van der Waals surface area contributed by atoms with E-state index in [0.717, 1.165) is 30.9 Å². The summed E-state index contributed by atoms with van der Waals surface area (Å²) >= 11 is 1.36. The van der Waals surface area contributed by atoms with Gasteiger partial charge >= 0.3 is 4.87 Å². The van der Waals surface area contributed by atoms with Crippen LogP contribution in [0.2, 0.25) is 0 Å². The lowest BCUT2D eigenvalue weighted by Crippen LogP contribution is -2.28. The molecule has 0 amide bonds. The third-order valence-electron chi connectivity index (χ3n) is 4.58. The van der Waals surface area contributed by atoms with Gasteiger partial charge in [0.05, 0.1) is 5.69 Å². The van der Waals surface area contributed by atoms with Crippen LogP contribution in [0.4, 0.5) is 0 Å². The van der Waals surface area contributed by atoms with Gasteiger partial charge in [0.15, 0.2) is 0 Å². The first-order chi connectivity index (χ1) is 10.9. The van der Waals surface area contributed by atoms with E-state index in [2.05, 4.69) is 54.9 Å². The van der Waals surface area contributed by atoms with Crippen molar-refractivity contribution in [3.63, 3.8) is 0 Å². The molecule has 1 aromatic carbocycles. The summed E-state index contributed by atoms with van der Waals surface area (Å²) in [5, 5.41) is 0. The first-order valence-corrected chi connectivity index (χ1v) is 9.30. The van der Waals surface area contributed by atoms with Crippen molar-refractivity contribution >= 4 is 11.3 Å². The monoisotopic (exact) mass is 330 g/mol. The Morgan fingerprint density at radius 1 is 1.09 bits per heavy atom. The molecule has 1 aliphatic rings. The maximum Gasteiger partial charge on any atom is 0.305 e. The number of likely N-dealkylation sites (tertiary alicyclic amines) is 1. The Hall–Kier alpha value is -1.39. The number of nitrogens with zero attached hydrogens (tertiary/aromatic N) is 1. The number of aromatic nitrogens is 1. The number of H-pyrrole nitrogens is 1. The highest BCUT2D eigenvalue weighted by Crippen LogP contribution is 2.28. The average Bonchev–Trinajstić information content (AvgIpc) is 2.88. The molecule has 0 radical (unpaired) electrons. The topological polar surface area (TPSA) is 36.1 Å². The van der Waals surface area contributed by atoms with Gasteiger partial charge in [0.2, 0.25) is 0 Å². The number of benzene rings is 1. The molecule has 4 heteroatoms. The fourth-order valence-electron chi connectivity index (χ4n) is 3.16. The number of thiazole rings is 1. The number of hydrogen-bond donors (Lipinski definition) is 1. The van der Waals surface area contributed by atoms with Crippen molar-refractivity contribution in [2.45, 2.75) is 52.0 Å². The fourth-order valence-corrected chi connectivity index (χ4v) is 4.06. The Morgan fingerprint density at radius 2 is 1.74 bits per heavy atom. The van der Waals surface area contributed by atoms with Crippen molar-refractivity contribution < 1.29 is 0 Å². The van der Waals surface area contributed by atoms with E-state index in [1.54, 1.807) is 0 Å². The highest BCUT2D eigenvalue weighted by atomic mass is 32.1. The minimum atomic E-state index is 0.0481. The molecule has 1 N–H and O–H groups in total. The van der Waals surface area contributed by atoms with Gasteiger partial charge in [0.1, 0.15) is 0 Å². The third kappa shape index (κ3) is 3.93. The predicted molar refractivity (Wildman–Crippen MR) is 98.2 cm³/mol. The standard InChI is InChI=1S/C19H26N2OS/c1-19(2,3)15-9-7-14(8-10-15)17-16(23-18(22)20-17)13-21-11-5-4-6-12-21/h7-10H,4-6,11-13H2,1-3H3,(H,20,22). The van der Waals surface area contributed by atoms with Gasteiger partial charge in [-0.2, -0.15) is 0 Å².